The largest absolute Gasteiger partial charge is 0.353 e. The molecule has 0 rings (SSSR count). The van der Waals surface area contributed by atoms with Gasteiger partial charge in [-0.1, -0.05) is 0 Å². The molecule has 64 valence electrons. The molecule has 1 amide bonds. The highest BCUT2D eigenvalue weighted by Crippen LogP contribution is 1.90. The SMILES string of the molecule is CCNC(=O)/C=C/[N+](C)(C)C. The van der Waals surface area contributed by atoms with Crippen LogP contribution in [0.1, 0.15) is 6.92 Å². The van der Waals surface area contributed by atoms with E-state index in [1.54, 1.807) is 6.08 Å². The van der Waals surface area contributed by atoms with Gasteiger partial charge in [0.15, 0.2) is 0 Å². The third-order valence-electron chi connectivity index (χ3n) is 1.02. The number of hydrogen-bond acceptors (Lipinski definition) is 1. The van der Waals surface area contributed by atoms with E-state index >= 15 is 0 Å². The quantitative estimate of drug-likeness (QED) is 0.464. The monoisotopic (exact) mass is 157 g/mol. The normalized spacial score (nSPS) is 12.0. The minimum absolute atomic E-state index is 0.0273. The van der Waals surface area contributed by atoms with Crippen LogP contribution < -0.4 is 5.32 Å². The molecule has 0 aromatic carbocycles. The molecule has 3 nitrogen and oxygen atoms in total. The molecule has 0 radical (unpaired) electrons. The number of quaternary nitrogens is 1. The molecule has 1 N–H and O–H groups in total. The van der Waals surface area contributed by atoms with Gasteiger partial charge in [0.1, 0.15) is 6.20 Å². The van der Waals surface area contributed by atoms with Crippen LogP contribution in [0.2, 0.25) is 0 Å². The smallest absolute Gasteiger partial charge is 0.249 e. The molecule has 0 heterocycles. The van der Waals surface area contributed by atoms with Gasteiger partial charge < -0.3 is 9.80 Å². The fourth-order valence-electron chi connectivity index (χ4n) is 0.524. The van der Waals surface area contributed by atoms with Gasteiger partial charge in [-0.25, -0.2) is 0 Å². The zero-order chi connectivity index (χ0) is 8.91. The van der Waals surface area contributed by atoms with Gasteiger partial charge in [-0.15, -0.1) is 0 Å². The molecule has 0 aliphatic heterocycles. The zero-order valence-electron chi connectivity index (χ0n) is 7.72. The molecule has 11 heavy (non-hydrogen) atoms. The van der Waals surface area contributed by atoms with Gasteiger partial charge in [-0.05, 0) is 6.92 Å². The summed E-state index contributed by atoms with van der Waals surface area (Å²) < 4.78 is 0.664. The number of rotatable bonds is 3. The Kier molecular flexibility index (Phi) is 3.82. The molecule has 0 spiro atoms. The van der Waals surface area contributed by atoms with Gasteiger partial charge in [-0.3, -0.25) is 4.79 Å². The first kappa shape index (κ1) is 10.2. The van der Waals surface area contributed by atoms with E-state index in [1.807, 2.05) is 34.3 Å². The Balaban J connectivity index is 3.83. The number of carbonyl (C=O) groups excluding carboxylic acids is 1. The highest BCUT2D eigenvalue weighted by atomic mass is 16.1. The first-order valence-corrected chi connectivity index (χ1v) is 3.74. The van der Waals surface area contributed by atoms with E-state index in [-0.39, 0.29) is 5.91 Å². The van der Waals surface area contributed by atoms with Gasteiger partial charge in [0.05, 0.1) is 27.2 Å². The van der Waals surface area contributed by atoms with E-state index < -0.39 is 0 Å². The van der Waals surface area contributed by atoms with Crippen molar-refractivity contribution in [3.05, 3.63) is 12.3 Å². The van der Waals surface area contributed by atoms with Crippen LogP contribution in [0.5, 0.6) is 0 Å². The van der Waals surface area contributed by atoms with E-state index in [1.165, 1.54) is 0 Å². The predicted octanol–water partition coefficient (Wildman–Crippen LogP) is 0.342. The second-order valence-corrected chi connectivity index (χ2v) is 3.33. The Morgan fingerprint density at radius 2 is 2.00 bits per heavy atom. The summed E-state index contributed by atoms with van der Waals surface area (Å²) in [6, 6.07) is 0. The molecular formula is C8H17N2O+. The number of amides is 1. The van der Waals surface area contributed by atoms with E-state index in [9.17, 15) is 4.79 Å². The summed E-state index contributed by atoms with van der Waals surface area (Å²) in [6.07, 6.45) is 3.40. The van der Waals surface area contributed by atoms with Gasteiger partial charge >= 0.3 is 0 Å². The number of likely N-dealkylation sites (N-methyl/N-ethyl adjacent to an activating group) is 1. The molecule has 0 saturated heterocycles. The topological polar surface area (TPSA) is 29.1 Å². The average Bonchev–Trinajstić information content (AvgIpc) is 1.83. The van der Waals surface area contributed by atoms with Gasteiger partial charge in [-0.2, -0.15) is 0 Å². The van der Waals surface area contributed by atoms with Crippen molar-refractivity contribution in [2.75, 3.05) is 27.7 Å². The first-order chi connectivity index (χ1) is 4.95. The summed E-state index contributed by atoms with van der Waals surface area (Å²) in [7, 11) is 5.99. The highest BCUT2D eigenvalue weighted by Gasteiger charge is 2.01. The standard InChI is InChI=1S/C8H16N2O/c1-5-9-8(11)6-7-10(2,3)4/h6-7H,5H2,1-4H3/p+1/b7-6+. The molecular weight excluding hydrogens is 140 g/mol. The fraction of sp³-hybridized carbons (Fsp3) is 0.625. The van der Waals surface area contributed by atoms with Crippen LogP contribution in [0.3, 0.4) is 0 Å². The summed E-state index contributed by atoms with van der Waals surface area (Å²) in [5, 5.41) is 2.68. The molecule has 0 bridgehead atoms. The van der Waals surface area contributed by atoms with Crippen molar-refractivity contribution >= 4 is 5.91 Å². The van der Waals surface area contributed by atoms with E-state index in [0.29, 0.717) is 11.0 Å². The third-order valence-corrected chi connectivity index (χ3v) is 1.02. The lowest BCUT2D eigenvalue weighted by Crippen LogP contribution is -2.28. The minimum Gasteiger partial charge on any atom is -0.353 e. The van der Waals surface area contributed by atoms with Crippen LogP contribution in [0.25, 0.3) is 0 Å². The zero-order valence-corrected chi connectivity index (χ0v) is 7.72. The van der Waals surface area contributed by atoms with Crippen LogP contribution in [0.15, 0.2) is 12.3 Å². The lowest BCUT2D eigenvalue weighted by atomic mass is 10.5. The van der Waals surface area contributed by atoms with Crippen molar-refractivity contribution in [3.8, 4) is 0 Å². The molecule has 0 atom stereocenters. The average molecular weight is 157 g/mol. The molecule has 0 fully saturated rings. The fourth-order valence-corrected chi connectivity index (χ4v) is 0.524. The maximum atomic E-state index is 10.9. The van der Waals surface area contributed by atoms with Crippen LogP contribution >= 0.6 is 0 Å². The summed E-state index contributed by atoms with van der Waals surface area (Å²) in [5.41, 5.74) is 0. The second-order valence-electron chi connectivity index (χ2n) is 3.33. The van der Waals surface area contributed by atoms with Crippen molar-refractivity contribution in [1.29, 1.82) is 0 Å². The Morgan fingerprint density at radius 1 is 1.45 bits per heavy atom. The number of nitrogens with one attached hydrogen (secondary N) is 1. The minimum atomic E-state index is -0.0273. The van der Waals surface area contributed by atoms with E-state index in [0.717, 1.165) is 0 Å². The van der Waals surface area contributed by atoms with Gasteiger partial charge in [0, 0.05) is 6.54 Å². The van der Waals surface area contributed by atoms with E-state index in [2.05, 4.69) is 5.32 Å². The number of carbonyl (C=O) groups is 1. The van der Waals surface area contributed by atoms with Crippen LogP contribution in [0, 0.1) is 0 Å². The van der Waals surface area contributed by atoms with Crippen molar-refractivity contribution in [3.63, 3.8) is 0 Å². The predicted molar refractivity (Wildman–Crippen MR) is 45.9 cm³/mol. The first-order valence-electron chi connectivity index (χ1n) is 3.74. The van der Waals surface area contributed by atoms with Crippen molar-refractivity contribution < 1.29 is 9.28 Å². The lowest BCUT2D eigenvalue weighted by molar-refractivity contribution is -0.817. The Bertz CT molecular complexity index is 156. The maximum absolute atomic E-state index is 10.9. The van der Waals surface area contributed by atoms with Crippen LogP contribution in [-0.4, -0.2) is 38.1 Å². The number of nitrogens with zero attached hydrogens (tertiary/aromatic N) is 1. The van der Waals surface area contributed by atoms with Crippen molar-refractivity contribution in [1.82, 2.24) is 5.32 Å². The molecule has 0 aliphatic carbocycles. The van der Waals surface area contributed by atoms with E-state index in [4.69, 9.17) is 0 Å². The maximum Gasteiger partial charge on any atom is 0.249 e. The van der Waals surface area contributed by atoms with Crippen molar-refractivity contribution in [2.45, 2.75) is 6.92 Å². The highest BCUT2D eigenvalue weighted by molar-refractivity contribution is 5.87. The van der Waals surface area contributed by atoms with Crippen LogP contribution in [-0.2, 0) is 4.79 Å². The molecule has 0 saturated carbocycles. The Morgan fingerprint density at radius 3 is 2.36 bits per heavy atom. The van der Waals surface area contributed by atoms with Crippen molar-refractivity contribution in [2.24, 2.45) is 0 Å². The molecule has 0 aromatic rings. The summed E-state index contributed by atoms with van der Waals surface area (Å²) in [6.45, 7) is 2.58. The molecule has 0 unspecified atom stereocenters. The second kappa shape index (κ2) is 4.13. The molecule has 3 heteroatoms. The number of hydrogen-bond donors (Lipinski definition) is 1. The van der Waals surface area contributed by atoms with Gasteiger partial charge in [0.2, 0.25) is 5.91 Å². The summed E-state index contributed by atoms with van der Waals surface area (Å²) in [4.78, 5) is 10.9. The molecule has 0 aliphatic rings. The van der Waals surface area contributed by atoms with Gasteiger partial charge in [0.25, 0.3) is 0 Å². The third kappa shape index (κ3) is 7.06. The van der Waals surface area contributed by atoms with Crippen LogP contribution in [0.4, 0.5) is 0 Å². The lowest BCUT2D eigenvalue weighted by Gasteiger charge is -2.16. The summed E-state index contributed by atoms with van der Waals surface area (Å²) >= 11 is 0. The summed E-state index contributed by atoms with van der Waals surface area (Å²) in [5.74, 6) is -0.0273. The molecule has 0 aromatic heterocycles. The Hall–Kier alpha value is -0.830. The Labute approximate surface area is 68.3 Å².